The van der Waals surface area contributed by atoms with Crippen LogP contribution in [0, 0.1) is 0 Å². The van der Waals surface area contributed by atoms with Crippen LogP contribution in [0.3, 0.4) is 0 Å². The van der Waals surface area contributed by atoms with Crippen molar-refractivity contribution in [1.29, 1.82) is 0 Å². The summed E-state index contributed by atoms with van der Waals surface area (Å²) in [5.41, 5.74) is 0.271. The van der Waals surface area contributed by atoms with Crippen LogP contribution in [0.2, 0.25) is 0 Å². The minimum absolute atomic E-state index is 0.271. The van der Waals surface area contributed by atoms with Crippen molar-refractivity contribution in [3.05, 3.63) is 30.9 Å². The van der Waals surface area contributed by atoms with E-state index in [1.165, 1.54) is 50.3 Å². The number of aromatic nitrogens is 2. The van der Waals surface area contributed by atoms with E-state index < -0.39 is 22.0 Å². The average molecular weight is 459 g/mol. The topological polar surface area (TPSA) is 111 Å². The number of hydrogen-bond donors (Lipinski definition) is 1. The van der Waals surface area contributed by atoms with Crippen molar-refractivity contribution in [2.45, 2.75) is 17.3 Å². The third-order valence-electron chi connectivity index (χ3n) is 3.67. The molecule has 1 aromatic carbocycles. The Balaban J connectivity index is 2.27. The maximum atomic E-state index is 12.7. The van der Waals surface area contributed by atoms with Crippen LogP contribution in [0.25, 0.3) is 0 Å². The zero-order valence-corrected chi connectivity index (χ0v) is 18.9. The standard InChI is InChI=1S/C17H22N4O5S3/c1-6-9-27-17-20-19-16(28-17)18-15(22)11(2)21(29(5,23)24)12-7-8-13(25-3)14(10-12)26-4/h6-8,10-11H,1,9H2,2-5H3,(H,18,19,22)/t11-/m0/s1. The third-order valence-corrected chi connectivity index (χ3v) is 6.88. The van der Waals surface area contributed by atoms with Crippen molar-refractivity contribution in [2.75, 3.05) is 35.9 Å². The van der Waals surface area contributed by atoms with Gasteiger partial charge < -0.3 is 9.47 Å². The summed E-state index contributed by atoms with van der Waals surface area (Å²) in [6, 6.07) is 3.57. The average Bonchev–Trinajstić information content (AvgIpc) is 3.12. The number of nitrogens with zero attached hydrogens (tertiary/aromatic N) is 3. The molecular formula is C17H22N4O5S3. The molecule has 0 aliphatic heterocycles. The van der Waals surface area contributed by atoms with Gasteiger partial charge in [-0.15, -0.1) is 16.8 Å². The minimum Gasteiger partial charge on any atom is -0.493 e. The van der Waals surface area contributed by atoms with Gasteiger partial charge in [0.1, 0.15) is 6.04 Å². The van der Waals surface area contributed by atoms with E-state index in [4.69, 9.17) is 9.47 Å². The van der Waals surface area contributed by atoms with Gasteiger partial charge in [0.15, 0.2) is 15.8 Å². The molecule has 29 heavy (non-hydrogen) atoms. The maximum Gasteiger partial charge on any atom is 0.249 e. The van der Waals surface area contributed by atoms with E-state index >= 15 is 0 Å². The molecule has 0 aliphatic carbocycles. The Morgan fingerprint density at radius 1 is 1.34 bits per heavy atom. The van der Waals surface area contributed by atoms with Gasteiger partial charge in [-0.3, -0.25) is 14.4 Å². The zero-order valence-electron chi connectivity index (χ0n) is 16.4. The summed E-state index contributed by atoms with van der Waals surface area (Å²) in [6.45, 7) is 5.12. The van der Waals surface area contributed by atoms with Crippen LogP contribution in [0.15, 0.2) is 35.2 Å². The Morgan fingerprint density at radius 2 is 2.03 bits per heavy atom. The third kappa shape index (κ3) is 5.84. The first-order chi connectivity index (χ1) is 13.7. The molecule has 0 bridgehead atoms. The number of benzene rings is 1. The van der Waals surface area contributed by atoms with E-state index in [2.05, 4.69) is 22.1 Å². The SMILES string of the molecule is C=CCSc1nnc(NC(=O)[C@H](C)N(c2ccc(OC)c(OC)c2)S(C)(=O)=O)s1. The summed E-state index contributed by atoms with van der Waals surface area (Å²) in [7, 11) is -0.855. The molecule has 2 rings (SSSR count). The largest absolute Gasteiger partial charge is 0.493 e. The lowest BCUT2D eigenvalue weighted by Gasteiger charge is -2.28. The van der Waals surface area contributed by atoms with Crippen LogP contribution in [0.1, 0.15) is 6.92 Å². The summed E-state index contributed by atoms with van der Waals surface area (Å²) in [5.74, 6) is 0.918. The molecule has 0 spiro atoms. The highest BCUT2D eigenvalue weighted by molar-refractivity contribution is 8.01. The van der Waals surface area contributed by atoms with Crippen LogP contribution >= 0.6 is 23.1 Å². The van der Waals surface area contributed by atoms with E-state index in [1.807, 2.05) is 0 Å². The molecule has 0 fully saturated rings. The Bertz CT molecular complexity index is 977. The number of amides is 1. The number of thioether (sulfide) groups is 1. The Labute approximate surface area is 178 Å². The molecule has 12 heteroatoms. The molecule has 2 aromatic rings. The van der Waals surface area contributed by atoms with Crippen LogP contribution in [-0.4, -0.2) is 56.8 Å². The van der Waals surface area contributed by atoms with E-state index in [-0.39, 0.29) is 10.8 Å². The molecule has 0 saturated carbocycles. The first kappa shape index (κ1) is 23.0. The number of methoxy groups -OCH3 is 2. The highest BCUT2D eigenvalue weighted by Crippen LogP contribution is 2.33. The maximum absolute atomic E-state index is 12.7. The molecule has 0 radical (unpaired) electrons. The first-order valence-corrected chi connectivity index (χ1v) is 12.0. The van der Waals surface area contributed by atoms with E-state index in [9.17, 15) is 13.2 Å². The zero-order chi connectivity index (χ0) is 21.6. The Kier molecular flexibility index (Phi) is 7.88. The van der Waals surface area contributed by atoms with Crippen molar-refractivity contribution >= 4 is 49.8 Å². The second-order valence-corrected chi connectivity index (χ2v) is 9.84. The van der Waals surface area contributed by atoms with Gasteiger partial charge >= 0.3 is 0 Å². The summed E-state index contributed by atoms with van der Waals surface area (Å²) in [5, 5.41) is 10.8. The van der Waals surface area contributed by atoms with Gasteiger partial charge in [0.25, 0.3) is 0 Å². The lowest BCUT2D eigenvalue weighted by molar-refractivity contribution is -0.116. The molecule has 1 N–H and O–H groups in total. The highest BCUT2D eigenvalue weighted by Gasteiger charge is 2.30. The van der Waals surface area contributed by atoms with E-state index in [0.717, 1.165) is 10.6 Å². The lowest BCUT2D eigenvalue weighted by Crippen LogP contribution is -2.45. The van der Waals surface area contributed by atoms with Gasteiger partial charge in [-0.2, -0.15) is 0 Å². The fourth-order valence-electron chi connectivity index (χ4n) is 2.43. The molecule has 1 amide bonds. The predicted molar refractivity (Wildman–Crippen MR) is 116 cm³/mol. The van der Waals surface area contributed by atoms with Crippen molar-refractivity contribution in [3.8, 4) is 11.5 Å². The van der Waals surface area contributed by atoms with E-state index in [1.54, 1.807) is 18.2 Å². The quantitative estimate of drug-likeness (QED) is 0.329. The normalized spacial score (nSPS) is 12.1. The fourth-order valence-corrected chi connectivity index (χ4v) is 5.11. The highest BCUT2D eigenvalue weighted by atomic mass is 32.2. The molecule has 0 unspecified atom stereocenters. The predicted octanol–water partition coefficient (Wildman–Crippen LogP) is 2.63. The molecule has 1 aromatic heterocycles. The molecule has 1 atom stereocenters. The van der Waals surface area contributed by atoms with Crippen LogP contribution < -0.4 is 19.1 Å². The summed E-state index contributed by atoms with van der Waals surface area (Å²) in [6.07, 6.45) is 2.77. The number of nitrogens with one attached hydrogen (secondary N) is 1. The van der Waals surface area contributed by atoms with Crippen LogP contribution in [-0.2, 0) is 14.8 Å². The van der Waals surface area contributed by atoms with Gasteiger partial charge in [-0.25, -0.2) is 8.42 Å². The van der Waals surface area contributed by atoms with Crippen molar-refractivity contribution in [2.24, 2.45) is 0 Å². The lowest BCUT2D eigenvalue weighted by atomic mass is 10.2. The monoisotopic (exact) mass is 458 g/mol. The summed E-state index contributed by atoms with van der Waals surface area (Å²) >= 11 is 2.64. The molecular weight excluding hydrogens is 436 g/mol. The van der Waals surface area contributed by atoms with Crippen molar-refractivity contribution < 1.29 is 22.7 Å². The van der Waals surface area contributed by atoms with Gasteiger partial charge in [0.2, 0.25) is 21.1 Å². The van der Waals surface area contributed by atoms with Crippen LogP contribution in [0.5, 0.6) is 11.5 Å². The number of rotatable bonds is 10. The smallest absolute Gasteiger partial charge is 0.249 e. The number of carbonyl (C=O) groups excluding carboxylic acids is 1. The Hall–Kier alpha value is -2.31. The number of sulfonamides is 1. The van der Waals surface area contributed by atoms with Crippen molar-refractivity contribution in [1.82, 2.24) is 10.2 Å². The van der Waals surface area contributed by atoms with Gasteiger partial charge in [-0.05, 0) is 19.1 Å². The molecule has 158 valence electrons. The molecule has 0 saturated heterocycles. The Morgan fingerprint density at radius 3 is 2.62 bits per heavy atom. The van der Waals surface area contributed by atoms with Gasteiger partial charge in [-0.1, -0.05) is 29.2 Å². The summed E-state index contributed by atoms with van der Waals surface area (Å²) in [4.78, 5) is 12.7. The summed E-state index contributed by atoms with van der Waals surface area (Å²) < 4.78 is 37.0. The number of ether oxygens (including phenoxy) is 2. The minimum atomic E-state index is -3.78. The van der Waals surface area contributed by atoms with Crippen molar-refractivity contribution in [3.63, 3.8) is 0 Å². The molecule has 9 nitrogen and oxygen atoms in total. The number of hydrogen-bond acceptors (Lipinski definition) is 9. The first-order valence-electron chi connectivity index (χ1n) is 8.30. The van der Waals surface area contributed by atoms with Gasteiger partial charge in [0.05, 0.1) is 26.2 Å². The number of carbonyl (C=O) groups is 1. The second kappa shape index (κ2) is 9.94. The second-order valence-electron chi connectivity index (χ2n) is 5.74. The molecule has 1 heterocycles. The number of anilines is 2. The fraction of sp³-hybridized carbons (Fsp3) is 0.353. The van der Waals surface area contributed by atoms with Gasteiger partial charge in [0, 0.05) is 11.8 Å². The molecule has 0 aliphatic rings. The van der Waals surface area contributed by atoms with E-state index in [0.29, 0.717) is 21.6 Å². The van der Waals surface area contributed by atoms with Crippen LogP contribution in [0.4, 0.5) is 10.8 Å².